The molecule has 0 aliphatic carbocycles. The maximum absolute atomic E-state index is 10.8. The van der Waals surface area contributed by atoms with Crippen molar-refractivity contribution in [3.63, 3.8) is 0 Å². The molecule has 13 heavy (non-hydrogen) atoms. The Morgan fingerprint density at radius 2 is 1.69 bits per heavy atom. The third-order valence-corrected chi connectivity index (χ3v) is 0.741. The quantitative estimate of drug-likeness (QED) is 0.675. The zero-order valence-electron chi connectivity index (χ0n) is 9.73. The van der Waals surface area contributed by atoms with Gasteiger partial charge in [-0.1, -0.05) is 20.3 Å². The second kappa shape index (κ2) is 8.05. The fraction of sp³-hybridized carbons (Fsp3) is 0.900. The van der Waals surface area contributed by atoms with Crippen molar-refractivity contribution < 1.29 is 9.53 Å². The topological polar surface area (TPSA) is 38.3 Å². The highest BCUT2D eigenvalue weighted by molar-refractivity contribution is 5.71. The van der Waals surface area contributed by atoms with Crippen LogP contribution < -0.4 is 5.32 Å². The molecule has 0 spiro atoms. The van der Waals surface area contributed by atoms with E-state index >= 15 is 0 Å². The number of nitrogens with one attached hydrogen (secondary N) is 1. The second-order valence-corrected chi connectivity index (χ2v) is 3.82. The number of carbonyl (C=O) groups excluding carboxylic acids is 1. The molecule has 3 nitrogen and oxygen atoms in total. The smallest absolute Gasteiger partial charge is 0.320 e. The minimum Gasteiger partial charge on any atom is -0.459 e. The van der Waals surface area contributed by atoms with Crippen LogP contribution in [-0.4, -0.2) is 25.2 Å². The van der Waals surface area contributed by atoms with Gasteiger partial charge in [-0.25, -0.2) is 0 Å². The average molecular weight is 189 g/mol. The number of carbonyl (C=O) groups is 1. The summed E-state index contributed by atoms with van der Waals surface area (Å²) in [6.07, 6.45) is 1.25. The van der Waals surface area contributed by atoms with Crippen molar-refractivity contribution >= 4 is 5.97 Å². The Bertz CT molecular complexity index is 127. The maximum atomic E-state index is 10.8. The summed E-state index contributed by atoms with van der Waals surface area (Å²) in [6.45, 7) is 10.1. The first-order valence-corrected chi connectivity index (χ1v) is 4.73. The Balaban J connectivity index is 0. The highest BCUT2D eigenvalue weighted by atomic mass is 16.6. The van der Waals surface area contributed by atoms with E-state index in [0.29, 0.717) is 0 Å². The predicted octanol–water partition coefficient (Wildman–Crippen LogP) is 1.96. The van der Waals surface area contributed by atoms with E-state index < -0.39 is 0 Å². The Kier molecular flexibility index (Phi) is 9.24. The molecule has 0 aliphatic heterocycles. The van der Waals surface area contributed by atoms with Gasteiger partial charge in [0.2, 0.25) is 0 Å². The Morgan fingerprint density at radius 3 is 1.92 bits per heavy atom. The molecule has 0 aromatic heterocycles. The van der Waals surface area contributed by atoms with Gasteiger partial charge < -0.3 is 10.1 Å². The molecular weight excluding hydrogens is 166 g/mol. The van der Waals surface area contributed by atoms with Crippen molar-refractivity contribution in [1.29, 1.82) is 0 Å². The number of hydrogen-bond acceptors (Lipinski definition) is 3. The van der Waals surface area contributed by atoms with Gasteiger partial charge in [0.15, 0.2) is 0 Å². The molecule has 0 bridgehead atoms. The highest BCUT2D eigenvalue weighted by Crippen LogP contribution is 2.05. The van der Waals surface area contributed by atoms with Gasteiger partial charge in [-0.3, -0.25) is 4.79 Å². The number of likely N-dealkylation sites (N-methyl/N-ethyl adjacent to an activating group) is 1. The third kappa shape index (κ3) is 18.4. The normalized spacial score (nSPS) is 10.0. The fourth-order valence-electron chi connectivity index (χ4n) is 0.522. The van der Waals surface area contributed by atoms with Gasteiger partial charge in [0.05, 0.1) is 6.54 Å². The van der Waals surface area contributed by atoms with E-state index in [9.17, 15) is 4.79 Å². The molecule has 0 aromatic carbocycles. The molecule has 0 aliphatic rings. The largest absolute Gasteiger partial charge is 0.459 e. The molecular formula is C10H23NO2. The van der Waals surface area contributed by atoms with Crippen LogP contribution in [0, 0.1) is 0 Å². The lowest BCUT2D eigenvalue weighted by atomic mass is 10.2. The maximum Gasteiger partial charge on any atom is 0.320 e. The Labute approximate surface area is 81.9 Å². The van der Waals surface area contributed by atoms with Crippen molar-refractivity contribution in [3.05, 3.63) is 0 Å². The van der Waals surface area contributed by atoms with Gasteiger partial charge in [0.1, 0.15) is 5.60 Å². The van der Waals surface area contributed by atoms with Gasteiger partial charge in [-0.15, -0.1) is 0 Å². The van der Waals surface area contributed by atoms with Crippen LogP contribution in [0.25, 0.3) is 0 Å². The van der Waals surface area contributed by atoms with Crippen LogP contribution in [0.1, 0.15) is 41.0 Å². The highest BCUT2D eigenvalue weighted by Gasteiger charge is 2.14. The summed E-state index contributed by atoms with van der Waals surface area (Å²) < 4.78 is 4.98. The van der Waals surface area contributed by atoms with E-state index in [1.807, 2.05) is 20.8 Å². The number of hydrogen-bond donors (Lipinski definition) is 1. The van der Waals surface area contributed by atoms with Crippen LogP contribution >= 0.6 is 0 Å². The Hall–Kier alpha value is -0.570. The van der Waals surface area contributed by atoms with Gasteiger partial charge in [-0.2, -0.15) is 0 Å². The summed E-state index contributed by atoms with van der Waals surface area (Å²) >= 11 is 0. The van der Waals surface area contributed by atoms with Crippen molar-refractivity contribution in [1.82, 2.24) is 5.32 Å². The average Bonchev–Trinajstić information content (AvgIpc) is 1.84. The molecule has 0 radical (unpaired) electrons. The van der Waals surface area contributed by atoms with Gasteiger partial charge >= 0.3 is 5.97 Å². The minimum atomic E-state index is -0.367. The lowest BCUT2D eigenvalue weighted by molar-refractivity contribution is -0.153. The molecule has 0 heterocycles. The molecule has 1 N–H and O–H groups in total. The van der Waals surface area contributed by atoms with E-state index in [-0.39, 0.29) is 18.1 Å². The second-order valence-electron chi connectivity index (χ2n) is 3.82. The first kappa shape index (κ1) is 14.9. The molecule has 80 valence electrons. The fourth-order valence-corrected chi connectivity index (χ4v) is 0.522. The molecule has 0 saturated carbocycles. The van der Waals surface area contributed by atoms with E-state index in [0.717, 1.165) is 0 Å². The van der Waals surface area contributed by atoms with Crippen LogP contribution in [0.4, 0.5) is 0 Å². The molecule has 0 atom stereocenters. The summed E-state index contributed by atoms with van der Waals surface area (Å²) in [7, 11) is 1.71. The molecule has 0 unspecified atom stereocenters. The standard InChI is InChI=1S/C7H15NO2.C3H8/c1-7(2,3)10-6(9)5-8-4;1-3-2/h8H,5H2,1-4H3;3H2,1-2H3. The third-order valence-electron chi connectivity index (χ3n) is 0.741. The molecule has 3 heteroatoms. The van der Waals surface area contributed by atoms with Crippen LogP contribution in [0.5, 0.6) is 0 Å². The lowest BCUT2D eigenvalue weighted by Gasteiger charge is -2.19. The Morgan fingerprint density at radius 1 is 1.31 bits per heavy atom. The SMILES string of the molecule is CCC.CNCC(=O)OC(C)(C)C. The summed E-state index contributed by atoms with van der Waals surface area (Å²) in [5, 5.41) is 2.72. The first-order chi connectivity index (χ1) is 5.87. The predicted molar refractivity (Wildman–Crippen MR) is 55.7 cm³/mol. The number of ether oxygens (including phenoxy) is 1. The molecule has 0 aromatic rings. The summed E-state index contributed by atoms with van der Waals surface area (Å²) in [5.41, 5.74) is -0.367. The molecule has 0 rings (SSSR count). The first-order valence-electron chi connectivity index (χ1n) is 4.73. The van der Waals surface area contributed by atoms with E-state index in [1.165, 1.54) is 6.42 Å². The van der Waals surface area contributed by atoms with Gasteiger partial charge in [0, 0.05) is 0 Å². The van der Waals surface area contributed by atoms with Crippen LogP contribution in [0.3, 0.4) is 0 Å². The molecule has 0 saturated heterocycles. The molecule has 0 fully saturated rings. The summed E-state index contributed by atoms with van der Waals surface area (Å²) in [6, 6.07) is 0. The summed E-state index contributed by atoms with van der Waals surface area (Å²) in [4.78, 5) is 10.8. The number of rotatable bonds is 2. The monoisotopic (exact) mass is 189 g/mol. The van der Waals surface area contributed by atoms with Crippen LogP contribution in [0.15, 0.2) is 0 Å². The summed E-state index contributed by atoms with van der Waals surface area (Å²) in [5.74, 6) is -0.213. The zero-order chi connectivity index (χ0) is 10.9. The minimum absolute atomic E-state index is 0.213. The van der Waals surface area contributed by atoms with E-state index in [4.69, 9.17) is 4.74 Å². The van der Waals surface area contributed by atoms with Crippen molar-refractivity contribution in [3.8, 4) is 0 Å². The van der Waals surface area contributed by atoms with Crippen molar-refractivity contribution in [2.45, 2.75) is 46.6 Å². The van der Waals surface area contributed by atoms with Gasteiger partial charge in [0.25, 0.3) is 0 Å². The van der Waals surface area contributed by atoms with Crippen LogP contribution in [0.2, 0.25) is 0 Å². The van der Waals surface area contributed by atoms with Crippen molar-refractivity contribution in [2.24, 2.45) is 0 Å². The van der Waals surface area contributed by atoms with E-state index in [1.54, 1.807) is 7.05 Å². The zero-order valence-corrected chi connectivity index (χ0v) is 9.73. The van der Waals surface area contributed by atoms with Crippen molar-refractivity contribution in [2.75, 3.05) is 13.6 Å². The molecule has 0 amide bonds. The van der Waals surface area contributed by atoms with E-state index in [2.05, 4.69) is 19.2 Å². The van der Waals surface area contributed by atoms with Gasteiger partial charge in [-0.05, 0) is 27.8 Å². The van der Waals surface area contributed by atoms with Crippen LogP contribution in [-0.2, 0) is 9.53 Å². The number of esters is 1. The lowest BCUT2D eigenvalue weighted by Crippen LogP contribution is -2.29.